The van der Waals surface area contributed by atoms with Crippen molar-refractivity contribution in [2.45, 2.75) is 19.4 Å². The molecule has 2 aromatic rings. The summed E-state index contributed by atoms with van der Waals surface area (Å²) in [5.74, 6) is 2.62. The molecule has 0 aliphatic heterocycles. The van der Waals surface area contributed by atoms with Gasteiger partial charge in [0.2, 0.25) is 0 Å². The molecule has 1 atom stereocenters. The minimum absolute atomic E-state index is 0.169. The lowest BCUT2D eigenvalue weighted by molar-refractivity contribution is -0.128. The molecule has 1 N–H and O–H groups in total. The van der Waals surface area contributed by atoms with Crippen molar-refractivity contribution in [3.63, 3.8) is 0 Å². The Morgan fingerprint density at radius 3 is 2.27 bits per heavy atom. The van der Waals surface area contributed by atoms with Gasteiger partial charge in [0.15, 0.2) is 6.10 Å². The Morgan fingerprint density at radius 2 is 1.62 bits per heavy atom. The van der Waals surface area contributed by atoms with Gasteiger partial charge in [-0.2, -0.15) is 0 Å². The standard InChI is InChI=1S/C20H25NO5/c1-4-19(26-16-10-8-15(23-2)9-11-16)20(22)21-12-13-25-18-7-5-6-17(14-18)24-3/h5-11,14,19H,4,12-13H2,1-3H3,(H,21,22). The molecule has 0 spiro atoms. The van der Waals surface area contributed by atoms with Crippen molar-refractivity contribution in [1.82, 2.24) is 5.32 Å². The van der Waals surface area contributed by atoms with Gasteiger partial charge in [-0.3, -0.25) is 4.79 Å². The van der Waals surface area contributed by atoms with Crippen LogP contribution in [0.1, 0.15) is 13.3 Å². The molecule has 2 aromatic carbocycles. The van der Waals surface area contributed by atoms with Crippen molar-refractivity contribution < 1.29 is 23.7 Å². The normalized spacial score (nSPS) is 11.3. The van der Waals surface area contributed by atoms with Crippen LogP contribution in [-0.4, -0.2) is 39.4 Å². The fourth-order valence-corrected chi connectivity index (χ4v) is 2.29. The summed E-state index contributed by atoms with van der Waals surface area (Å²) < 4.78 is 21.6. The summed E-state index contributed by atoms with van der Waals surface area (Å²) in [6, 6.07) is 14.5. The minimum Gasteiger partial charge on any atom is -0.497 e. The largest absolute Gasteiger partial charge is 0.497 e. The van der Waals surface area contributed by atoms with Crippen LogP contribution in [0.3, 0.4) is 0 Å². The molecular formula is C20H25NO5. The molecule has 0 fully saturated rings. The average Bonchev–Trinajstić information content (AvgIpc) is 2.69. The zero-order valence-corrected chi connectivity index (χ0v) is 15.4. The zero-order valence-electron chi connectivity index (χ0n) is 15.4. The minimum atomic E-state index is -0.555. The first kappa shape index (κ1) is 19.4. The number of amides is 1. The number of methoxy groups -OCH3 is 2. The van der Waals surface area contributed by atoms with Crippen LogP contribution >= 0.6 is 0 Å². The van der Waals surface area contributed by atoms with E-state index in [0.29, 0.717) is 31.1 Å². The van der Waals surface area contributed by atoms with Crippen molar-refractivity contribution in [3.8, 4) is 23.0 Å². The van der Waals surface area contributed by atoms with E-state index in [0.717, 1.165) is 11.5 Å². The highest BCUT2D eigenvalue weighted by molar-refractivity contribution is 5.81. The number of carbonyl (C=O) groups is 1. The molecule has 140 valence electrons. The van der Waals surface area contributed by atoms with Gasteiger partial charge in [0, 0.05) is 6.07 Å². The van der Waals surface area contributed by atoms with Gasteiger partial charge < -0.3 is 24.3 Å². The topological polar surface area (TPSA) is 66.0 Å². The molecular weight excluding hydrogens is 334 g/mol. The number of benzene rings is 2. The van der Waals surface area contributed by atoms with Crippen molar-refractivity contribution in [1.29, 1.82) is 0 Å². The number of ether oxygens (including phenoxy) is 4. The number of nitrogens with one attached hydrogen (secondary N) is 1. The van der Waals surface area contributed by atoms with Gasteiger partial charge in [0.25, 0.3) is 5.91 Å². The summed E-state index contributed by atoms with van der Waals surface area (Å²) in [6.07, 6.45) is 0.00873. The van der Waals surface area contributed by atoms with Crippen molar-refractivity contribution in [3.05, 3.63) is 48.5 Å². The van der Waals surface area contributed by atoms with Crippen LogP contribution in [0.25, 0.3) is 0 Å². The lowest BCUT2D eigenvalue weighted by Gasteiger charge is -2.17. The lowest BCUT2D eigenvalue weighted by Crippen LogP contribution is -2.39. The van der Waals surface area contributed by atoms with Crippen LogP contribution in [0.2, 0.25) is 0 Å². The SMILES string of the molecule is CCC(Oc1ccc(OC)cc1)C(=O)NCCOc1cccc(OC)c1. The van der Waals surface area contributed by atoms with E-state index in [4.69, 9.17) is 18.9 Å². The summed E-state index contributed by atoms with van der Waals surface area (Å²) in [5, 5.41) is 2.83. The highest BCUT2D eigenvalue weighted by Crippen LogP contribution is 2.19. The third kappa shape index (κ3) is 5.88. The third-order valence-electron chi connectivity index (χ3n) is 3.71. The quantitative estimate of drug-likeness (QED) is 0.661. The number of hydrogen-bond donors (Lipinski definition) is 1. The molecule has 0 aliphatic rings. The lowest BCUT2D eigenvalue weighted by atomic mass is 10.2. The molecule has 1 unspecified atom stereocenters. The van der Waals surface area contributed by atoms with Gasteiger partial charge >= 0.3 is 0 Å². The van der Waals surface area contributed by atoms with E-state index >= 15 is 0 Å². The highest BCUT2D eigenvalue weighted by atomic mass is 16.5. The number of carbonyl (C=O) groups excluding carboxylic acids is 1. The Balaban J connectivity index is 1.77. The second-order valence-corrected chi connectivity index (χ2v) is 5.51. The van der Waals surface area contributed by atoms with Crippen LogP contribution in [0.15, 0.2) is 48.5 Å². The van der Waals surface area contributed by atoms with Gasteiger partial charge in [-0.05, 0) is 42.8 Å². The van der Waals surface area contributed by atoms with E-state index in [1.165, 1.54) is 0 Å². The third-order valence-corrected chi connectivity index (χ3v) is 3.71. The molecule has 0 aliphatic carbocycles. The molecule has 0 saturated carbocycles. The van der Waals surface area contributed by atoms with E-state index in [9.17, 15) is 4.79 Å². The summed E-state index contributed by atoms with van der Waals surface area (Å²) in [4.78, 5) is 12.3. The fourth-order valence-electron chi connectivity index (χ4n) is 2.29. The second-order valence-electron chi connectivity index (χ2n) is 5.51. The van der Waals surface area contributed by atoms with Crippen LogP contribution in [0, 0.1) is 0 Å². The van der Waals surface area contributed by atoms with E-state index in [1.807, 2.05) is 25.1 Å². The average molecular weight is 359 g/mol. The predicted octanol–water partition coefficient (Wildman–Crippen LogP) is 3.06. The van der Waals surface area contributed by atoms with E-state index in [-0.39, 0.29) is 5.91 Å². The molecule has 0 heterocycles. The zero-order chi connectivity index (χ0) is 18.8. The van der Waals surface area contributed by atoms with Crippen molar-refractivity contribution in [2.75, 3.05) is 27.4 Å². The maximum absolute atomic E-state index is 12.3. The number of hydrogen-bond acceptors (Lipinski definition) is 5. The predicted molar refractivity (Wildman–Crippen MR) is 99.2 cm³/mol. The van der Waals surface area contributed by atoms with Gasteiger partial charge in [0.05, 0.1) is 20.8 Å². The Bertz CT molecular complexity index is 687. The molecule has 6 nitrogen and oxygen atoms in total. The highest BCUT2D eigenvalue weighted by Gasteiger charge is 2.17. The fraction of sp³-hybridized carbons (Fsp3) is 0.350. The van der Waals surface area contributed by atoms with Gasteiger partial charge in [-0.1, -0.05) is 13.0 Å². The van der Waals surface area contributed by atoms with Crippen molar-refractivity contribution >= 4 is 5.91 Å². The molecule has 0 saturated heterocycles. The second kappa shape index (κ2) is 10.2. The van der Waals surface area contributed by atoms with Crippen molar-refractivity contribution in [2.24, 2.45) is 0 Å². The van der Waals surface area contributed by atoms with E-state index in [2.05, 4.69) is 5.32 Å². The molecule has 26 heavy (non-hydrogen) atoms. The Kier molecular flexibility index (Phi) is 7.61. The molecule has 0 radical (unpaired) electrons. The Labute approximate surface area is 154 Å². The Morgan fingerprint density at radius 1 is 0.962 bits per heavy atom. The van der Waals surface area contributed by atoms with Crippen LogP contribution < -0.4 is 24.3 Å². The van der Waals surface area contributed by atoms with Gasteiger partial charge in [-0.15, -0.1) is 0 Å². The molecule has 2 rings (SSSR count). The van der Waals surface area contributed by atoms with Crippen LogP contribution in [-0.2, 0) is 4.79 Å². The molecule has 6 heteroatoms. The summed E-state index contributed by atoms with van der Waals surface area (Å²) in [7, 11) is 3.21. The summed E-state index contributed by atoms with van der Waals surface area (Å²) in [5.41, 5.74) is 0. The van der Waals surface area contributed by atoms with Gasteiger partial charge in [0.1, 0.15) is 29.6 Å². The molecule has 0 bridgehead atoms. The number of rotatable bonds is 10. The monoisotopic (exact) mass is 359 g/mol. The summed E-state index contributed by atoms with van der Waals surface area (Å²) >= 11 is 0. The first-order valence-electron chi connectivity index (χ1n) is 8.51. The maximum Gasteiger partial charge on any atom is 0.261 e. The Hall–Kier alpha value is -2.89. The first-order valence-corrected chi connectivity index (χ1v) is 8.51. The van der Waals surface area contributed by atoms with Gasteiger partial charge in [-0.25, -0.2) is 0 Å². The molecule has 0 aromatic heterocycles. The first-order chi connectivity index (χ1) is 12.7. The smallest absolute Gasteiger partial charge is 0.261 e. The molecule has 1 amide bonds. The van der Waals surface area contributed by atoms with E-state index in [1.54, 1.807) is 44.6 Å². The van der Waals surface area contributed by atoms with E-state index < -0.39 is 6.10 Å². The maximum atomic E-state index is 12.3. The summed E-state index contributed by atoms with van der Waals surface area (Å²) in [6.45, 7) is 2.65. The van der Waals surface area contributed by atoms with Crippen LogP contribution in [0.4, 0.5) is 0 Å². The van der Waals surface area contributed by atoms with Crippen LogP contribution in [0.5, 0.6) is 23.0 Å².